The molecule has 2 atom stereocenters. The Morgan fingerprint density at radius 1 is 1.50 bits per heavy atom. The standard InChI is InChI=1S/C13H20O/c1-9-7-13(10(2)14)6-5-11(8-13)12(9,3)4/h11H,1,5-8H2,2-4H3/t11-,13+/m1/s1. The van der Waals surface area contributed by atoms with Crippen LogP contribution in [0.5, 0.6) is 0 Å². The van der Waals surface area contributed by atoms with E-state index in [-0.39, 0.29) is 10.8 Å². The van der Waals surface area contributed by atoms with Crippen LogP contribution in [-0.4, -0.2) is 5.78 Å². The van der Waals surface area contributed by atoms with Gasteiger partial charge >= 0.3 is 0 Å². The lowest BCUT2D eigenvalue weighted by atomic mass is 9.61. The first-order valence-electron chi connectivity index (χ1n) is 5.58. The summed E-state index contributed by atoms with van der Waals surface area (Å²) in [4.78, 5) is 11.7. The molecule has 0 unspecified atom stereocenters. The highest BCUT2D eigenvalue weighted by molar-refractivity contribution is 5.83. The normalized spacial score (nSPS) is 39.9. The van der Waals surface area contributed by atoms with Crippen LogP contribution < -0.4 is 0 Å². The minimum absolute atomic E-state index is 0.0166. The average Bonchev–Trinajstić information content (AvgIpc) is 2.46. The van der Waals surface area contributed by atoms with Crippen molar-refractivity contribution < 1.29 is 4.79 Å². The van der Waals surface area contributed by atoms with Crippen molar-refractivity contribution in [2.24, 2.45) is 16.7 Å². The topological polar surface area (TPSA) is 17.1 Å². The van der Waals surface area contributed by atoms with Crippen LogP contribution in [0.25, 0.3) is 0 Å². The Bertz CT molecular complexity index is 300. The zero-order valence-corrected chi connectivity index (χ0v) is 9.52. The fraction of sp³-hybridized carbons (Fsp3) is 0.769. The molecule has 0 aromatic heterocycles. The fourth-order valence-electron chi connectivity index (χ4n) is 3.27. The van der Waals surface area contributed by atoms with Gasteiger partial charge in [0.1, 0.15) is 5.78 Å². The summed E-state index contributed by atoms with van der Waals surface area (Å²) in [7, 11) is 0. The second-order valence-corrected chi connectivity index (χ2v) is 5.78. The van der Waals surface area contributed by atoms with Crippen LogP contribution in [0.3, 0.4) is 0 Å². The Balaban J connectivity index is 2.34. The summed E-state index contributed by atoms with van der Waals surface area (Å²) < 4.78 is 0. The smallest absolute Gasteiger partial charge is 0.136 e. The molecule has 14 heavy (non-hydrogen) atoms. The van der Waals surface area contributed by atoms with Crippen LogP contribution in [0.4, 0.5) is 0 Å². The third-order valence-electron chi connectivity index (χ3n) is 4.84. The van der Waals surface area contributed by atoms with Crippen molar-refractivity contribution in [1.82, 2.24) is 0 Å². The Labute approximate surface area is 86.6 Å². The predicted octanol–water partition coefficient (Wildman–Crippen LogP) is 3.35. The fourth-order valence-corrected chi connectivity index (χ4v) is 3.27. The van der Waals surface area contributed by atoms with E-state index in [4.69, 9.17) is 0 Å². The summed E-state index contributed by atoms with van der Waals surface area (Å²) in [5, 5.41) is 0. The van der Waals surface area contributed by atoms with E-state index in [9.17, 15) is 4.79 Å². The molecule has 0 saturated heterocycles. The number of ketones is 1. The summed E-state index contributed by atoms with van der Waals surface area (Å²) in [5.41, 5.74) is 1.54. The second kappa shape index (κ2) is 2.71. The molecule has 2 aliphatic carbocycles. The Morgan fingerprint density at radius 2 is 2.14 bits per heavy atom. The first-order chi connectivity index (χ1) is 6.38. The number of hydrogen-bond acceptors (Lipinski definition) is 1. The zero-order chi connectivity index (χ0) is 10.6. The van der Waals surface area contributed by atoms with Gasteiger partial charge in [0.05, 0.1) is 0 Å². The van der Waals surface area contributed by atoms with Gasteiger partial charge in [0, 0.05) is 5.41 Å². The first-order valence-corrected chi connectivity index (χ1v) is 5.58. The van der Waals surface area contributed by atoms with E-state index in [1.165, 1.54) is 12.0 Å². The van der Waals surface area contributed by atoms with Crippen LogP contribution in [0.1, 0.15) is 46.5 Å². The van der Waals surface area contributed by atoms with Crippen LogP contribution >= 0.6 is 0 Å². The SMILES string of the molecule is C=C1C[C@@]2(C(C)=O)CC[C@H](C2)C1(C)C. The lowest BCUT2D eigenvalue weighted by molar-refractivity contribution is -0.127. The summed E-state index contributed by atoms with van der Waals surface area (Å²) in [6.45, 7) is 10.5. The third-order valence-corrected chi connectivity index (χ3v) is 4.84. The number of Topliss-reactive ketones (excluding diaryl/α,β-unsaturated/α-hetero) is 1. The lowest BCUT2D eigenvalue weighted by Gasteiger charge is -2.43. The Hall–Kier alpha value is -0.590. The molecule has 78 valence electrons. The Morgan fingerprint density at radius 3 is 2.71 bits per heavy atom. The van der Waals surface area contributed by atoms with Gasteiger partial charge in [-0.15, -0.1) is 0 Å². The number of carbonyl (C=O) groups is 1. The molecule has 2 rings (SSSR count). The maximum atomic E-state index is 11.7. The van der Waals surface area contributed by atoms with E-state index in [1.807, 2.05) is 0 Å². The van der Waals surface area contributed by atoms with Crippen LogP contribution in [-0.2, 0) is 4.79 Å². The van der Waals surface area contributed by atoms with Gasteiger partial charge in [-0.25, -0.2) is 0 Å². The van der Waals surface area contributed by atoms with Crippen molar-refractivity contribution in [3.05, 3.63) is 12.2 Å². The predicted molar refractivity (Wildman–Crippen MR) is 58.0 cm³/mol. The number of carbonyl (C=O) groups excluding carboxylic acids is 1. The van der Waals surface area contributed by atoms with E-state index in [0.717, 1.165) is 19.3 Å². The molecule has 0 N–H and O–H groups in total. The summed E-state index contributed by atoms with van der Waals surface area (Å²) in [6.07, 6.45) is 4.35. The van der Waals surface area contributed by atoms with Crippen molar-refractivity contribution >= 4 is 5.78 Å². The highest BCUT2D eigenvalue weighted by Crippen LogP contribution is 2.60. The molecule has 0 spiro atoms. The molecule has 2 saturated carbocycles. The maximum Gasteiger partial charge on any atom is 0.136 e. The molecule has 0 aromatic rings. The number of allylic oxidation sites excluding steroid dienone is 1. The summed E-state index contributed by atoms with van der Waals surface area (Å²) >= 11 is 0. The van der Waals surface area contributed by atoms with E-state index in [2.05, 4.69) is 20.4 Å². The molecule has 0 heterocycles. The monoisotopic (exact) mass is 192 g/mol. The number of fused-ring (bicyclic) bond motifs is 2. The minimum Gasteiger partial charge on any atom is -0.299 e. The van der Waals surface area contributed by atoms with E-state index >= 15 is 0 Å². The Kier molecular flexibility index (Phi) is 1.93. The molecule has 1 nitrogen and oxygen atoms in total. The molecule has 1 heteroatoms. The van der Waals surface area contributed by atoms with Crippen molar-refractivity contribution in [1.29, 1.82) is 0 Å². The van der Waals surface area contributed by atoms with Gasteiger partial charge in [0.2, 0.25) is 0 Å². The summed E-state index contributed by atoms with van der Waals surface area (Å²) in [5.74, 6) is 1.07. The quantitative estimate of drug-likeness (QED) is 0.582. The van der Waals surface area contributed by atoms with Crippen LogP contribution in [0, 0.1) is 16.7 Å². The van der Waals surface area contributed by atoms with Crippen molar-refractivity contribution in [3.8, 4) is 0 Å². The molecular weight excluding hydrogens is 172 g/mol. The molecule has 2 aliphatic rings. The third kappa shape index (κ3) is 1.11. The lowest BCUT2D eigenvalue weighted by Crippen LogP contribution is -2.37. The van der Waals surface area contributed by atoms with Gasteiger partial charge in [-0.3, -0.25) is 4.79 Å². The van der Waals surface area contributed by atoms with Gasteiger partial charge < -0.3 is 0 Å². The highest BCUT2D eigenvalue weighted by atomic mass is 16.1. The molecule has 0 aromatic carbocycles. The van der Waals surface area contributed by atoms with E-state index in [0.29, 0.717) is 11.7 Å². The van der Waals surface area contributed by atoms with Gasteiger partial charge in [-0.2, -0.15) is 0 Å². The minimum atomic E-state index is -0.0166. The molecular formula is C13H20O. The van der Waals surface area contributed by atoms with Gasteiger partial charge in [0.15, 0.2) is 0 Å². The van der Waals surface area contributed by atoms with Gasteiger partial charge in [-0.05, 0) is 43.9 Å². The number of rotatable bonds is 1. The largest absolute Gasteiger partial charge is 0.299 e. The highest BCUT2D eigenvalue weighted by Gasteiger charge is 2.53. The average molecular weight is 192 g/mol. The molecule has 0 radical (unpaired) electrons. The molecule has 2 fully saturated rings. The number of hydrogen-bond donors (Lipinski definition) is 0. The van der Waals surface area contributed by atoms with E-state index < -0.39 is 0 Å². The second-order valence-electron chi connectivity index (χ2n) is 5.78. The van der Waals surface area contributed by atoms with E-state index in [1.54, 1.807) is 6.92 Å². The molecule has 2 bridgehead atoms. The van der Waals surface area contributed by atoms with Crippen LogP contribution in [0.15, 0.2) is 12.2 Å². The van der Waals surface area contributed by atoms with Gasteiger partial charge in [0.25, 0.3) is 0 Å². The first kappa shape index (κ1) is 9.95. The maximum absolute atomic E-state index is 11.7. The zero-order valence-electron chi connectivity index (χ0n) is 9.52. The molecule has 0 amide bonds. The summed E-state index contributed by atoms with van der Waals surface area (Å²) in [6, 6.07) is 0. The van der Waals surface area contributed by atoms with Crippen molar-refractivity contribution in [2.45, 2.75) is 46.5 Å². The van der Waals surface area contributed by atoms with Crippen LogP contribution in [0.2, 0.25) is 0 Å². The van der Waals surface area contributed by atoms with Gasteiger partial charge in [-0.1, -0.05) is 26.0 Å². The molecule has 0 aliphatic heterocycles. The van der Waals surface area contributed by atoms with Crippen molar-refractivity contribution in [3.63, 3.8) is 0 Å². The van der Waals surface area contributed by atoms with Crippen molar-refractivity contribution in [2.75, 3.05) is 0 Å².